The molecule has 1 amide bonds. The maximum Gasteiger partial charge on any atom is 0.356 e. The number of amides is 1. The summed E-state index contributed by atoms with van der Waals surface area (Å²) >= 11 is 13.1. The molecule has 0 unspecified atom stereocenters. The van der Waals surface area contributed by atoms with Crippen molar-refractivity contribution in [1.82, 2.24) is 15.3 Å². The molecular weight excluding hydrogens is 483 g/mol. The van der Waals surface area contributed by atoms with Crippen molar-refractivity contribution in [3.8, 4) is 0 Å². The fraction of sp³-hybridized carbons (Fsp3) is 0.474. The van der Waals surface area contributed by atoms with Gasteiger partial charge in [-0.25, -0.2) is 14.6 Å². The van der Waals surface area contributed by atoms with Crippen molar-refractivity contribution in [1.29, 1.82) is 0 Å². The number of rotatable bonds is 7. The van der Waals surface area contributed by atoms with Crippen LogP contribution >= 0.6 is 34.5 Å². The Morgan fingerprint density at radius 2 is 2.06 bits per heavy atom. The number of thiazole rings is 1. The highest BCUT2D eigenvalue weighted by Gasteiger charge is 2.34. The summed E-state index contributed by atoms with van der Waals surface area (Å²) in [4.78, 5) is 45.1. The van der Waals surface area contributed by atoms with Crippen LogP contribution in [0.4, 0.5) is 5.13 Å². The van der Waals surface area contributed by atoms with Gasteiger partial charge in [-0.15, -0.1) is 0 Å². The lowest BCUT2D eigenvalue weighted by Gasteiger charge is -2.37. The van der Waals surface area contributed by atoms with Gasteiger partial charge in [-0.2, -0.15) is 0 Å². The molecule has 3 heterocycles. The Bertz CT molecular complexity index is 1040. The number of anilines is 1. The molecule has 3 rings (SSSR count). The van der Waals surface area contributed by atoms with Crippen molar-refractivity contribution in [3.63, 3.8) is 0 Å². The van der Waals surface area contributed by atoms with Crippen molar-refractivity contribution in [2.24, 2.45) is 0 Å². The number of ether oxygens (including phenoxy) is 2. The highest BCUT2D eigenvalue weighted by molar-refractivity contribution is 7.17. The van der Waals surface area contributed by atoms with Crippen LogP contribution in [0, 0.1) is 6.92 Å². The Morgan fingerprint density at radius 3 is 2.62 bits per heavy atom. The van der Waals surface area contributed by atoms with Gasteiger partial charge in [0.25, 0.3) is 5.91 Å². The molecule has 0 aliphatic carbocycles. The zero-order valence-corrected chi connectivity index (χ0v) is 19.9. The molecule has 1 saturated heterocycles. The van der Waals surface area contributed by atoms with Gasteiger partial charge in [0, 0.05) is 25.9 Å². The van der Waals surface area contributed by atoms with Gasteiger partial charge >= 0.3 is 11.9 Å². The summed E-state index contributed by atoms with van der Waals surface area (Å²) in [6, 6.07) is -0.328. The number of hydrogen-bond acceptors (Lipinski definition) is 8. The normalized spacial score (nSPS) is 18.5. The molecule has 0 aromatic carbocycles. The van der Waals surface area contributed by atoms with E-state index >= 15 is 0 Å². The summed E-state index contributed by atoms with van der Waals surface area (Å²) in [6.45, 7) is 4.26. The predicted molar refractivity (Wildman–Crippen MR) is 119 cm³/mol. The third-order valence-electron chi connectivity index (χ3n) is 5.01. The SMILES string of the molecule is CCOC(=O)c1sc(N2CC[C@@H](NC(=O)c3[nH]c(C)c(Cl)c3Cl)[C@@H](OC)C2)nc1C(=O)O. The Kier molecular flexibility index (Phi) is 7.65. The van der Waals surface area contributed by atoms with Gasteiger partial charge in [0.2, 0.25) is 0 Å². The average molecular weight is 505 g/mol. The van der Waals surface area contributed by atoms with Crippen molar-refractivity contribution in [2.75, 3.05) is 31.7 Å². The largest absolute Gasteiger partial charge is 0.476 e. The third-order valence-corrected chi connectivity index (χ3v) is 7.05. The summed E-state index contributed by atoms with van der Waals surface area (Å²) in [5.41, 5.74) is 0.424. The topological polar surface area (TPSA) is 134 Å². The second-order valence-corrected chi connectivity index (χ2v) is 8.78. The number of halogens is 2. The van der Waals surface area contributed by atoms with E-state index in [1.807, 2.05) is 4.90 Å². The first-order valence-electron chi connectivity index (χ1n) is 9.71. The second-order valence-electron chi connectivity index (χ2n) is 7.04. The van der Waals surface area contributed by atoms with E-state index in [-0.39, 0.29) is 33.9 Å². The smallest absolute Gasteiger partial charge is 0.356 e. The zero-order chi connectivity index (χ0) is 23.6. The molecule has 0 spiro atoms. The highest BCUT2D eigenvalue weighted by Crippen LogP contribution is 2.31. The standard InChI is InChI=1S/C19H22Cl2N4O6S/c1-4-31-18(29)15-14(17(27)28)24-19(32-15)25-6-5-9(10(7-25)30-3)23-16(26)13-12(21)11(20)8(2)22-13/h9-10,22H,4-7H2,1-3H3,(H,23,26)(H,27,28)/t9-,10+/m1/s1. The number of carboxylic acid groups (broad SMARTS) is 1. The number of carbonyl (C=O) groups is 3. The number of piperidine rings is 1. The van der Waals surface area contributed by atoms with Crippen LogP contribution in [0.15, 0.2) is 0 Å². The molecule has 0 radical (unpaired) electrons. The fourth-order valence-corrected chi connectivity index (χ4v) is 4.79. The molecule has 1 aliphatic rings. The van der Waals surface area contributed by atoms with E-state index in [1.165, 1.54) is 7.11 Å². The Labute approximate surface area is 197 Å². The van der Waals surface area contributed by atoms with Gasteiger partial charge in [-0.3, -0.25) is 4.79 Å². The first-order chi connectivity index (χ1) is 15.2. The van der Waals surface area contributed by atoms with E-state index in [9.17, 15) is 19.5 Å². The van der Waals surface area contributed by atoms with E-state index in [2.05, 4.69) is 15.3 Å². The second kappa shape index (κ2) is 10.1. The molecule has 1 fully saturated rings. The molecule has 174 valence electrons. The van der Waals surface area contributed by atoms with Crippen LogP contribution in [-0.4, -0.2) is 71.9 Å². The molecule has 2 aromatic rings. The molecule has 0 saturated carbocycles. The van der Waals surface area contributed by atoms with E-state index in [0.29, 0.717) is 35.4 Å². The number of H-pyrrole nitrogens is 1. The third kappa shape index (κ3) is 4.85. The molecule has 2 aromatic heterocycles. The van der Waals surface area contributed by atoms with Gasteiger partial charge in [0.05, 0.1) is 28.8 Å². The Balaban J connectivity index is 1.75. The van der Waals surface area contributed by atoms with Crippen molar-refractivity contribution >= 4 is 57.5 Å². The molecule has 3 N–H and O–H groups in total. The van der Waals surface area contributed by atoms with E-state index in [4.69, 9.17) is 32.7 Å². The summed E-state index contributed by atoms with van der Waals surface area (Å²) in [5.74, 6) is -2.44. The lowest BCUT2D eigenvalue weighted by molar-refractivity contribution is 0.0519. The van der Waals surface area contributed by atoms with Gasteiger partial charge in [0.15, 0.2) is 10.8 Å². The van der Waals surface area contributed by atoms with Crippen molar-refractivity contribution in [3.05, 3.63) is 32.0 Å². The zero-order valence-electron chi connectivity index (χ0n) is 17.5. The van der Waals surface area contributed by atoms with Crippen LogP contribution in [0.5, 0.6) is 0 Å². The number of hydrogen-bond donors (Lipinski definition) is 3. The van der Waals surface area contributed by atoms with Crippen LogP contribution < -0.4 is 10.2 Å². The van der Waals surface area contributed by atoms with Gasteiger partial charge < -0.3 is 29.8 Å². The average Bonchev–Trinajstić information content (AvgIpc) is 3.32. The molecule has 32 heavy (non-hydrogen) atoms. The maximum atomic E-state index is 12.7. The minimum atomic E-state index is -1.31. The predicted octanol–water partition coefficient (Wildman–Crippen LogP) is 2.99. The van der Waals surface area contributed by atoms with Crippen molar-refractivity contribution in [2.45, 2.75) is 32.4 Å². The lowest BCUT2D eigenvalue weighted by Crippen LogP contribution is -2.55. The minimum Gasteiger partial charge on any atom is -0.476 e. The number of aromatic carboxylic acids is 1. The van der Waals surface area contributed by atoms with Crippen LogP contribution in [0.2, 0.25) is 10.0 Å². The van der Waals surface area contributed by atoms with Gasteiger partial charge in [0.1, 0.15) is 10.6 Å². The fourth-order valence-electron chi connectivity index (χ4n) is 3.39. The monoisotopic (exact) mass is 504 g/mol. The van der Waals surface area contributed by atoms with Gasteiger partial charge in [-0.05, 0) is 20.3 Å². The first-order valence-corrected chi connectivity index (χ1v) is 11.3. The summed E-state index contributed by atoms with van der Waals surface area (Å²) in [5, 5.41) is 13.1. The lowest BCUT2D eigenvalue weighted by atomic mass is 10.0. The summed E-state index contributed by atoms with van der Waals surface area (Å²) in [6.07, 6.45) is 0.0765. The van der Waals surface area contributed by atoms with Gasteiger partial charge in [-0.1, -0.05) is 34.5 Å². The number of methoxy groups -OCH3 is 1. The Hall–Kier alpha value is -2.34. The van der Waals surface area contributed by atoms with E-state index < -0.39 is 23.9 Å². The molecule has 10 nitrogen and oxygen atoms in total. The number of carbonyl (C=O) groups excluding carboxylic acids is 2. The van der Waals surface area contributed by atoms with E-state index in [1.54, 1.807) is 13.8 Å². The maximum absolute atomic E-state index is 12.7. The number of aromatic amines is 1. The summed E-state index contributed by atoms with van der Waals surface area (Å²) in [7, 11) is 1.52. The highest BCUT2D eigenvalue weighted by atomic mass is 35.5. The number of aromatic nitrogens is 2. The number of nitrogens with one attached hydrogen (secondary N) is 2. The molecule has 13 heteroatoms. The Morgan fingerprint density at radius 1 is 1.34 bits per heavy atom. The molecule has 0 bridgehead atoms. The number of nitrogens with zero attached hydrogens (tertiary/aromatic N) is 2. The van der Waals surface area contributed by atoms with Crippen molar-refractivity contribution < 1.29 is 29.0 Å². The minimum absolute atomic E-state index is 0.0626. The van der Waals surface area contributed by atoms with Crippen LogP contribution in [0.1, 0.15) is 49.7 Å². The number of aryl methyl sites for hydroxylation is 1. The van der Waals surface area contributed by atoms with Crippen LogP contribution in [-0.2, 0) is 9.47 Å². The van der Waals surface area contributed by atoms with Crippen LogP contribution in [0.25, 0.3) is 0 Å². The van der Waals surface area contributed by atoms with Crippen LogP contribution in [0.3, 0.4) is 0 Å². The van der Waals surface area contributed by atoms with E-state index in [0.717, 1.165) is 11.3 Å². The molecule has 2 atom stereocenters. The molecule has 1 aliphatic heterocycles. The first kappa shape index (κ1) is 24.3. The molecular formula is C19H22Cl2N4O6S. The number of carboxylic acids is 1. The quantitative estimate of drug-likeness (QED) is 0.489. The number of esters is 1. The summed E-state index contributed by atoms with van der Waals surface area (Å²) < 4.78 is 10.5.